The number of carbonyl (C=O) groups is 1. The van der Waals surface area contributed by atoms with Gasteiger partial charge in [0.1, 0.15) is 5.76 Å². The van der Waals surface area contributed by atoms with E-state index in [0.717, 1.165) is 25.3 Å². The quantitative estimate of drug-likeness (QED) is 0.801. The maximum absolute atomic E-state index is 11.4. The van der Waals surface area contributed by atoms with Crippen molar-refractivity contribution in [2.75, 3.05) is 13.1 Å². The van der Waals surface area contributed by atoms with Crippen LogP contribution in [0.4, 0.5) is 0 Å². The number of oxazole rings is 1. The maximum Gasteiger partial charge on any atom is 0.222 e. The Hall–Kier alpha value is -1.36. The Morgan fingerprint density at radius 3 is 3.19 bits per heavy atom. The molecule has 1 amide bonds. The van der Waals surface area contributed by atoms with Crippen LogP contribution in [0.5, 0.6) is 0 Å². The summed E-state index contributed by atoms with van der Waals surface area (Å²) in [6.07, 6.45) is 4.81. The minimum absolute atomic E-state index is 0.271. The Kier molecular flexibility index (Phi) is 3.56. The number of amides is 1. The summed E-state index contributed by atoms with van der Waals surface area (Å²) in [7, 11) is 0. The van der Waals surface area contributed by atoms with Gasteiger partial charge in [0.25, 0.3) is 0 Å². The molecule has 0 spiro atoms. The molecule has 0 saturated carbocycles. The van der Waals surface area contributed by atoms with Crippen molar-refractivity contribution >= 4 is 5.91 Å². The third kappa shape index (κ3) is 2.82. The van der Waals surface area contributed by atoms with Crippen molar-refractivity contribution in [3.8, 4) is 0 Å². The number of carbonyl (C=O) groups excluding carboxylic acids is 1. The molecule has 2 rings (SSSR count). The van der Waals surface area contributed by atoms with E-state index in [1.807, 2.05) is 4.90 Å². The molecule has 5 nitrogen and oxygen atoms in total. The number of rotatable bonds is 5. The second kappa shape index (κ2) is 5.12. The van der Waals surface area contributed by atoms with Crippen molar-refractivity contribution in [3.63, 3.8) is 0 Å². The molecule has 1 fully saturated rings. The third-order valence-corrected chi connectivity index (χ3v) is 2.77. The van der Waals surface area contributed by atoms with Crippen molar-refractivity contribution in [2.24, 2.45) is 0 Å². The van der Waals surface area contributed by atoms with Gasteiger partial charge in [0.05, 0.1) is 12.7 Å². The molecule has 5 heteroatoms. The summed E-state index contributed by atoms with van der Waals surface area (Å²) in [5, 5.41) is 3.30. The Labute approximate surface area is 94.8 Å². The number of nitrogens with zero attached hydrogens (tertiary/aromatic N) is 2. The molecule has 1 aliphatic rings. The van der Waals surface area contributed by atoms with Crippen LogP contribution in [-0.2, 0) is 11.3 Å². The van der Waals surface area contributed by atoms with E-state index in [9.17, 15) is 4.79 Å². The second-order valence-electron chi connectivity index (χ2n) is 4.19. The molecule has 0 bridgehead atoms. The number of aromatic nitrogens is 1. The Morgan fingerprint density at radius 2 is 2.56 bits per heavy atom. The van der Waals surface area contributed by atoms with E-state index >= 15 is 0 Å². The molecule has 1 aromatic heterocycles. The summed E-state index contributed by atoms with van der Waals surface area (Å²) in [6.45, 7) is 4.39. The van der Waals surface area contributed by atoms with E-state index in [0.29, 0.717) is 13.0 Å². The van der Waals surface area contributed by atoms with Crippen LogP contribution in [0.1, 0.15) is 25.5 Å². The fourth-order valence-electron chi connectivity index (χ4n) is 1.90. The lowest BCUT2D eigenvalue weighted by atomic mass is 10.3. The molecule has 1 atom stereocenters. The van der Waals surface area contributed by atoms with Crippen LogP contribution in [-0.4, -0.2) is 34.9 Å². The number of nitrogens with one attached hydrogen (secondary N) is 1. The molecule has 2 heterocycles. The molecule has 1 saturated heterocycles. The zero-order chi connectivity index (χ0) is 11.4. The van der Waals surface area contributed by atoms with E-state index in [1.165, 1.54) is 6.39 Å². The summed E-state index contributed by atoms with van der Waals surface area (Å²) in [5.74, 6) is 1.09. The van der Waals surface area contributed by atoms with Crippen molar-refractivity contribution < 1.29 is 9.21 Å². The van der Waals surface area contributed by atoms with Gasteiger partial charge in [0, 0.05) is 25.6 Å². The highest BCUT2D eigenvalue weighted by Gasteiger charge is 2.21. The molecular formula is C11H17N3O2. The van der Waals surface area contributed by atoms with Crippen LogP contribution in [0.2, 0.25) is 0 Å². The van der Waals surface area contributed by atoms with Crippen LogP contribution < -0.4 is 5.32 Å². The van der Waals surface area contributed by atoms with Crippen molar-refractivity contribution in [3.05, 3.63) is 18.4 Å². The van der Waals surface area contributed by atoms with E-state index in [1.54, 1.807) is 6.20 Å². The topological polar surface area (TPSA) is 58.4 Å². The monoisotopic (exact) mass is 223 g/mol. The van der Waals surface area contributed by atoms with Gasteiger partial charge < -0.3 is 14.6 Å². The average molecular weight is 223 g/mol. The lowest BCUT2D eigenvalue weighted by Crippen LogP contribution is -2.39. The average Bonchev–Trinajstić information content (AvgIpc) is 2.88. The lowest BCUT2D eigenvalue weighted by Gasteiger charge is -2.21. The van der Waals surface area contributed by atoms with Crippen LogP contribution in [0.3, 0.4) is 0 Å². The first kappa shape index (κ1) is 11.1. The first-order valence-corrected chi connectivity index (χ1v) is 5.64. The predicted molar refractivity (Wildman–Crippen MR) is 58.6 cm³/mol. The fraction of sp³-hybridized carbons (Fsp3) is 0.636. The van der Waals surface area contributed by atoms with Gasteiger partial charge in [-0.15, -0.1) is 0 Å². The fourth-order valence-corrected chi connectivity index (χ4v) is 1.90. The normalized spacial score (nSPS) is 18.1. The second-order valence-corrected chi connectivity index (χ2v) is 4.19. The van der Waals surface area contributed by atoms with Gasteiger partial charge in [-0.2, -0.15) is 0 Å². The first-order chi connectivity index (χ1) is 7.75. The molecule has 1 aromatic rings. The Morgan fingerprint density at radius 1 is 1.69 bits per heavy atom. The highest BCUT2D eigenvalue weighted by molar-refractivity contribution is 5.78. The third-order valence-electron chi connectivity index (χ3n) is 2.77. The minimum atomic E-state index is 0.271. The smallest absolute Gasteiger partial charge is 0.222 e. The van der Waals surface area contributed by atoms with Crippen molar-refractivity contribution in [1.29, 1.82) is 0 Å². The number of hydrogen-bond donors (Lipinski definition) is 1. The Bertz CT molecular complexity index is 337. The first-order valence-electron chi connectivity index (χ1n) is 5.64. The van der Waals surface area contributed by atoms with E-state index in [4.69, 9.17) is 4.42 Å². The summed E-state index contributed by atoms with van der Waals surface area (Å²) in [5.41, 5.74) is 0. The molecule has 0 aromatic carbocycles. The molecule has 88 valence electrons. The predicted octanol–water partition coefficient (Wildman–Crippen LogP) is 0.775. The summed E-state index contributed by atoms with van der Waals surface area (Å²) < 4.78 is 5.12. The van der Waals surface area contributed by atoms with Gasteiger partial charge in [-0.05, 0) is 13.3 Å². The number of hydrogen-bond acceptors (Lipinski definition) is 4. The highest BCUT2D eigenvalue weighted by atomic mass is 16.3. The molecular weight excluding hydrogens is 206 g/mol. The standard InChI is InChI=1S/C11H17N3O2/c1-9(7-14-4-2-3-11(14)15)13-6-10-5-12-8-16-10/h5,8-9,13H,2-4,6-7H2,1H3. The van der Waals surface area contributed by atoms with E-state index < -0.39 is 0 Å². The Balaban J connectivity index is 1.72. The maximum atomic E-state index is 11.4. The summed E-state index contributed by atoms with van der Waals surface area (Å²) in [4.78, 5) is 17.2. The van der Waals surface area contributed by atoms with Gasteiger partial charge in [-0.3, -0.25) is 4.79 Å². The van der Waals surface area contributed by atoms with E-state index in [-0.39, 0.29) is 11.9 Å². The lowest BCUT2D eigenvalue weighted by molar-refractivity contribution is -0.127. The van der Waals surface area contributed by atoms with Gasteiger partial charge in [0.15, 0.2) is 6.39 Å². The zero-order valence-electron chi connectivity index (χ0n) is 9.48. The van der Waals surface area contributed by atoms with Crippen LogP contribution in [0.15, 0.2) is 17.0 Å². The van der Waals surface area contributed by atoms with E-state index in [2.05, 4.69) is 17.2 Å². The largest absolute Gasteiger partial charge is 0.447 e. The SMILES string of the molecule is CC(CN1CCCC1=O)NCc1cnco1. The van der Waals surface area contributed by atoms with Crippen LogP contribution in [0.25, 0.3) is 0 Å². The van der Waals surface area contributed by atoms with Crippen molar-refractivity contribution in [2.45, 2.75) is 32.4 Å². The van der Waals surface area contributed by atoms with Crippen molar-refractivity contribution in [1.82, 2.24) is 15.2 Å². The minimum Gasteiger partial charge on any atom is -0.447 e. The molecule has 0 radical (unpaired) electrons. The van der Waals surface area contributed by atoms with Crippen LogP contribution >= 0.6 is 0 Å². The molecule has 16 heavy (non-hydrogen) atoms. The van der Waals surface area contributed by atoms with Gasteiger partial charge >= 0.3 is 0 Å². The summed E-state index contributed by atoms with van der Waals surface area (Å²) in [6, 6.07) is 0.271. The van der Waals surface area contributed by atoms with Gasteiger partial charge in [-0.25, -0.2) is 4.98 Å². The molecule has 1 unspecified atom stereocenters. The van der Waals surface area contributed by atoms with Crippen LogP contribution in [0, 0.1) is 0 Å². The zero-order valence-corrected chi connectivity index (χ0v) is 9.48. The highest BCUT2D eigenvalue weighted by Crippen LogP contribution is 2.09. The molecule has 0 aliphatic carbocycles. The molecule has 1 N–H and O–H groups in total. The summed E-state index contributed by atoms with van der Waals surface area (Å²) >= 11 is 0. The number of likely N-dealkylation sites (tertiary alicyclic amines) is 1. The van der Waals surface area contributed by atoms with Gasteiger partial charge in [0.2, 0.25) is 5.91 Å². The molecule has 1 aliphatic heterocycles. The van der Waals surface area contributed by atoms with Gasteiger partial charge in [-0.1, -0.05) is 0 Å².